The summed E-state index contributed by atoms with van der Waals surface area (Å²) in [6.07, 6.45) is 1.14. The van der Waals surface area contributed by atoms with Crippen molar-refractivity contribution in [1.29, 1.82) is 0 Å². The monoisotopic (exact) mass is 178 g/mol. The third-order valence-corrected chi connectivity index (χ3v) is 2.59. The van der Waals surface area contributed by atoms with E-state index in [4.69, 9.17) is 5.73 Å². The third kappa shape index (κ3) is 1.60. The largest absolute Gasteiger partial charge is 0.506 e. The Morgan fingerprint density at radius 2 is 2.31 bits per heavy atom. The summed E-state index contributed by atoms with van der Waals surface area (Å²) in [7, 11) is 0. The molecule has 1 heterocycles. The molecule has 4 N–H and O–H groups in total. The number of rotatable bonds is 1. The Morgan fingerprint density at radius 3 is 2.92 bits per heavy atom. The molecule has 1 aliphatic heterocycles. The second-order valence-electron chi connectivity index (χ2n) is 3.51. The van der Waals surface area contributed by atoms with E-state index in [0.29, 0.717) is 11.6 Å². The summed E-state index contributed by atoms with van der Waals surface area (Å²) in [4.78, 5) is 0. The zero-order valence-corrected chi connectivity index (χ0v) is 7.46. The maximum Gasteiger partial charge on any atom is 0.138 e. The number of benzene rings is 1. The first kappa shape index (κ1) is 8.38. The summed E-state index contributed by atoms with van der Waals surface area (Å²) < 4.78 is 0. The van der Waals surface area contributed by atoms with Gasteiger partial charge in [0.15, 0.2) is 0 Å². The van der Waals surface area contributed by atoms with E-state index >= 15 is 0 Å². The Kier molecular flexibility index (Phi) is 2.10. The van der Waals surface area contributed by atoms with Crippen LogP contribution in [0.3, 0.4) is 0 Å². The first-order valence-electron chi connectivity index (χ1n) is 4.56. The van der Waals surface area contributed by atoms with Crippen molar-refractivity contribution in [3.05, 3.63) is 23.8 Å². The minimum Gasteiger partial charge on any atom is -0.506 e. The van der Waals surface area contributed by atoms with Gasteiger partial charge in [-0.25, -0.2) is 0 Å². The standard InChI is InChI=1S/C10H14N2O/c11-9-2-1-7(5-10(9)13)8-3-4-12-6-8/h1-2,5,8,12-13H,3-4,6,11H2. The van der Waals surface area contributed by atoms with E-state index in [1.807, 2.05) is 6.07 Å². The number of anilines is 1. The molecule has 0 aromatic heterocycles. The van der Waals surface area contributed by atoms with Crippen LogP contribution in [-0.2, 0) is 0 Å². The van der Waals surface area contributed by atoms with Crippen LogP contribution in [0.2, 0.25) is 0 Å². The van der Waals surface area contributed by atoms with Crippen molar-refractivity contribution in [1.82, 2.24) is 5.32 Å². The summed E-state index contributed by atoms with van der Waals surface area (Å²) in [5.74, 6) is 0.732. The topological polar surface area (TPSA) is 58.3 Å². The van der Waals surface area contributed by atoms with Crippen molar-refractivity contribution in [3.8, 4) is 5.75 Å². The molecule has 1 aromatic rings. The van der Waals surface area contributed by atoms with E-state index < -0.39 is 0 Å². The Morgan fingerprint density at radius 1 is 1.46 bits per heavy atom. The number of phenols is 1. The fraction of sp³-hybridized carbons (Fsp3) is 0.400. The summed E-state index contributed by atoms with van der Waals surface area (Å²) >= 11 is 0. The van der Waals surface area contributed by atoms with E-state index in [-0.39, 0.29) is 5.75 Å². The van der Waals surface area contributed by atoms with Crippen molar-refractivity contribution in [3.63, 3.8) is 0 Å². The Balaban J connectivity index is 2.25. The van der Waals surface area contributed by atoms with Crippen LogP contribution < -0.4 is 11.1 Å². The molecule has 1 atom stereocenters. The van der Waals surface area contributed by atoms with Gasteiger partial charge in [-0.15, -0.1) is 0 Å². The first-order chi connectivity index (χ1) is 6.27. The van der Waals surface area contributed by atoms with Gasteiger partial charge in [-0.1, -0.05) is 6.07 Å². The molecular formula is C10H14N2O. The molecule has 0 bridgehead atoms. The SMILES string of the molecule is Nc1ccc(C2CCNC2)cc1O. The van der Waals surface area contributed by atoms with Gasteiger partial charge in [-0.3, -0.25) is 0 Å². The molecule has 0 spiro atoms. The lowest BCUT2D eigenvalue weighted by Crippen LogP contribution is -2.07. The molecule has 2 rings (SSSR count). The van der Waals surface area contributed by atoms with Gasteiger partial charge in [0.25, 0.3) is 0 Å². The van der Waals surface area contributed by atoms with E-state index in [1.165, 1.54) is 5.56 Å². The van der Waals surface area contributed by atoms with Gasteiger partial charge in [-0.2, -0.15) is 0 Å². The summed E-state index contributed by atoms with van der Waals surface area (Å²) in [6, 6.07) is 5.53. The fourth-order valence-corrected chi connectivity index (χ4v) is 1.75. The van der Waals surface area contributed by atoms with Crippen LogP contribution in [0.15, 0.2) is 18.2 Å². The average Bonchev–Trinajstić information content (AvgIpc) is 2.62. The zero-order valence-electron chi connectivity index (χ0n) is 7.46. The lowest BCUT2D eigenvalue weighted by Gasteiger charge is -2.09. The molecule has 1 unspecified atom stereocenters. The highest BCUT2D eigenvalue weighted by Gasteiger charge is 2.16. The summed E-state index contributed by atoms with van der Waals surface area (Å²) in [6.45, 7) is 2.07. The number of hydrogen-bond acceptors (Lipinski definition) is 3. The highest BCUT2D eigenvalue weighted by Crippen LogP contribution is 2.28. The Labute approximate surface area is 77.6 Å². The van der Waals surface area contributed by atoms with E-state index in [1.54, 1.807) is 12.1 Å². The summed E-state index contributed by atoms with van der Waals surface area (Å²) in [5.41, 5.74) is 7.15. The van der Waals surface area contributed by atoms with Gasteiger partial charge in [0, 0.05) is 6.54 Å². The number of hydrogen-bond donors (Lipinski definition) is 3. The van der Waals surface area contributed by atoms with Gasteiger partial charge in [0.2, 0.25) is 0 Å². The molecule has 0 radical (unpaired) electrons. The van der Waals surface area contributed by atoms with Crippen LogP contribution in [-0.4, -0.2) is 18.2 Å². The van der Waals surface area contributed by atoms with E-state index in [9.17, 15) is 5.11 Å². The number of nitrogens with one attached hydrogen (secondary N) is 1. The van der Waals surface area contributed by atoms with Crippen molar-refractivity contribution in [2.24, 2.45) is 0 Å². The molecule has 3 heteroatoms. The number of aromatic hydroxyl groups is 1. The maximum atomic E-state index is 9.42. The van der Waals surface area contributed by atoms with Gasteiger partial charge in [0.1, 0.15) is 5.75 Å². The molecule has 1 aromatic carbocycles. The van der Waals surface area contributed by atoms with Gasteiger partial charge < -0.3 is 16.2 Å². The first-order valence-corrected chi connectivity index (χ1v) is 4.56. The van der Waals surface area contributed by atoms with Crippen LogP contribution in [0.1, 0.15) is 17.9 Å². The van der Waals surface area contributed by atoms with E-state index in [0.717, 1.165) is 19.5 Å². The van der Waals surface area contributed by atoms with Crippen molar-refractivity contribution >= 4 is 5.69 Å². The molecule has 1 saturated heterocycles. The quantitative estimate of drug-likeness (QED) is 0.445. The molecule has 0 saturated carbocycles. The lowest BCUT2D eigenvalue weighted by atomic mass is 9.98. The predicted molar refractivity (Wildman–Crippen MR) is 52.7 cm³/mol. The lowest BCUT2D eigenvalue weighted by molar-refractivity contribution is 0.476. The average molecular weight is 178 g/mol. The van der Waals surface area contributed by atoms with Gasteiger partial charge in [-0.05, 0) is 36.6 Å². The summed E-state index contributed by atoms with van der Waals surface area (Å²) in [5, 5.41) is 12.7. The molecule has 0 amide bonds. The highest BCUT2D eigenvalue weighted by atomic mass is 16.3. The minimum atomic E-state index is 0.199. The Bertz CT molecular complexity index is 306. The smallest absolute Gasteiger partial charge is 0.138 e. The van der Waals surface area contributed by atoms with Crippen LogP contribution in [0, 0.1) is 0 Å². The predicted octanol–water partition coefficient (Wildman–Crippen LogP) is 1.05. The number of nitrogen functional groups attached to an aromatic ring is 1. The second-order valence-corrected chi connectivity index (χ2v) is 3.51. The van der Waals surface area contributed by atoms with Crippen LogP contribution in [0.5, 0.6) is 5.75 Å². The number of phenolic OH excluding ortho intramolecular Hbond substituents is 1. The molecule has 13 heavy (non-hydrogen) atoms. The second kappa shape index (κ2) is 3.26. The zero-order chi connectivity index (χ0) is 9.26. The Hall–Kier alpha value is -1.22. The van der Waals surface area contributed by atoms with Gasteiger partial charge >= 0.3 is 0 Å². The van der Waals surface area contributed by atoms with Crippen LogP contribution in [0.25, 0.3) is 0 Å². The molecule has 3 nitrogen and oxygen atoms in total. The molecule has 70 valence electrons. The number of nitrogens with two attached hydrogens (primary N) is 1. The van der Waals surface area contributed by atoms with Crippen LogP contribution in [0.4, 0.5) is 5.69 Å². The maximum absolute atomic E-state index is 9.42. The van der Waals surface area contributed by atoms with Crippen molar-refractivity contribution in [2.45, 2.75) is 12.3 Å². The molecule has 0 aliphatic carbocycles. The molecular weight excluding hydrogens is 164 g/mol. The van der Waals surface area contributed by atoms with Gasteiger partial charge in [0.05, 0.1) is 5.69 Å². The minimum absolute atomic E-state index is 0.199. The van der Waals surface area contributed by atoms with Crippen LogP contribution >= 0.6 is 0 Å². The van der Waals surface area contributed by atoms with E-state index in [2.05, 4.69) is 5.32 Å². The fourth-order valence-electron chi connectivity index (χ4n) is 1.75. The molecule has 1 fully saturated rings. The highest BCUT2D eigenvalue weighted by molar-refractivity contribution is 5.53. The normalized spacial score (nSPS) is 22.0. The third-order valence-electron chi connectivity index (χ3n) is 2.59. The van der Waals surface area contributed by atoms with Crippen molar-refractivity contribution < 1.29 is 5.11 Å². The molecule has 1 aliphatic rings. The van der Waals surface area contributed by atoms with Crippen molar-refractivity contribution in [2.75, 3.05) is 18.8 Å².